The Kier molecular flexibility index (Phi) is 10.2. The monoisotopic (exact) mass is 623 g/mol. The van der Waals surface area contributed by atoms with Crippen LogP contribution in [0.4, 0.5) is 0 Å². The number of nitrogens with zero attached hydrogens (tertiary/aromatic N) is 1. The van der Waals surface area contributed by atoms with Crippen molar-refractivity contribution < 1.29 is 22.7 Å². The molecule has 1 unspecified atom stereocenters. The van der Waals surface area contributed by atoms with Gasteiger partial charge in [-0.25, -0.2) is 13.4 Å². The normalized spacial score (nSPS) is 13.4. The average Bonchev–Trinajstić information content (AvgIpc) is 3.77. The Labute approximate surface area is 253 Å². The average molecular weight is 624 g/mol. The summed E-state index contributed by atoms with van der Waals surface area (Å²) in [6.07, 6.45) is 0.806. The summed E-state index contributed by atoms with van der Waals surface area (Å²) in [6, 6.07) is 22.9. The van der Waals surface area contributed by atoms with Crippen LogP contribution in [0.25, 0.3) is 11.1 Å². The molecule has 3 aromatic heterocycles. The van der Waals surface area contributed by atoms with Crippen LogP contribution in [0.1, 0.15) is 52.6 Å². The predicted molar refractivity (Wildman–Crippen MR) is 167 cm³/mol. The van der Waals surface area contributed by atoms with Gasteiger partial charge in [0.15, 0.2) is 15.4 Å². The zero-order valence-electron chi connectivity index (χ0n) is 22.9. The van der Waals surface area contributed by atoms with Crippen molar-refractivity contribution in [3.05, 3.63) is 111 Å². The molecule has 0 radical (unpaired) electrons. The molecule has 0 aliphatic heterocycles. The van der Waals surface area contributed by atoms with Gasteiger partial charge in [0.1, 0.15) is 17.7 Å². The van der Waals surface area contributed by atoms with Crippen LogP contribution in [0, 0.1) is 0 Å². The molecule has 1 amide bonds. The van der Waals surface area contributed by atoms with Crippen molar-refractivity contribution >= 4 is 49.5 Å². The number of amides is 1. The quantitative estimate of drug-likeness (QED) is 0.129. The van der Waals surface area contributed by atoms with Crippen LogP contribution in [0.15, 0.2) is 94.0 Å². The Morgan fingerprint density at radius 1 is 0.905 bits per heavy atom. The number of rotatable bonds is 15. The van der Waals surface area contributed by atoms with Gasteiger partial charge < -0.3 is 14.8 Å². The Bertz CT molecular complexity index is 1590. The maximum atomic E-state index is 13.5. The van der Waals surface area contributed by atoms with E-state index >= 15 is 0 Å². The molecule has 3 N–H and O–H groups in total. The lowest BCUT2D eigenvalue weighted by molar-refractivity contribution is -0.122. The first-order valence-corrected chi connectivity index (χ1v) is 17.3. The maximum Gasteiger partial charge on any atom is 0.238 e. The number of nitrogens with one attached hydrogen (secondary N) is 2. The molecule has 0 bridgehead atoms. The Morgan fingerprint density at radius 2 is 1.60 bits per heavy atom. The van der Waals surface area contributed by atoms with Gasteiger partial charge in [0.05, 0.1) is 17.5 Å². The van der Waals surface area contributed by atoms with E-state index in [0.29, 0.717) is 42.5 Å². The number of oxazole rings is 1. The van der Waals surface area contributed by atoms with Crippen LogP contribution >= 0.6 is 22.7 Å². The molecule has 220 valence electrons. The van der Waals surface area contributed by atoms with Crippen molar-refractivity contribution in [3.63, 3.8) is 0 Å². The summed E-state index contributed by atoms with van der Waals surface area (Å²) in [6.45, 7) is 0.346. The summed E-state index contributed by atoms with van der Waals surface area (Å²) < 4.78 is 32.2. The number of aromatic nitrogens is 1. The van der Waals surface area contributed by atoms with E-state index in [0.717, 1.165) is 9.75 Å². The van der Waals surface area contributed by atoms with Gasteiger partial charge in [-0.15, -0.1) is 22.7 Å². The lowest BCUT2D eigenvalue weighted by Crippen LogP contribution is -2.49. The van der Waals surface area contributed by atoms with Crippen LogP contribution in [0.2, 0.25) is 0 Å². The van der Waals surface area contributed by atoms with E-state index in [1.807, 2.05) is 59.3 Å². The van der Waals surface area contributed by atoms with Crippen molar-refractivity contribution in [2.45, 2.75) is 43.2 Å². The molecule has 5 rings (SSSR count). The lowest BCUT2D eigenvalue weighted by Gasteiger charge is -2.24. The number of carbonyl (C=O) groups excluding carboxylic acids is 1. The number of benzene rings is 2. The molecule has 3 heterocycles. The van der Waals surface area contributed by atoms with Gasteiger partial charge >= 0.3 is 0 Å². The maximum absolute atomic E-state index is 13.5. The molecule has 0 aliphatic rings. The van der Waals surface area contributed by atoms with Gasteiger partial charge in [0.25, 0.3) is 0 Å². The summed E-state index contributed by atoms with van der Waals surface area (Å²) in [5.41, 5.74) is 2.01. The second-order valence-electron chi connectivity index (χ2n) is 10.0. The number of aliphatic hydroxyl groups excluding tert-OH is 1. The predicted octanol–water partition coefficient (Wildman–Crippen LogP) is 5.63. The zero-order chi connectivity index (χ0) is 29.4. The minimum absolute atomic E-state index is 0.143. The van der Waals surface area contributed by atoms with Crippen molar-refractivity contribution in [3.8, 4) is 0 Å². The number of carbonyl (C=O) groups is 1. The molecule has 0 saturated carbocycles. The fourth-order valence-electron chi connectivity index (χ4n) is 4.71. The van der Waals surface area contributed by atoms with Crippen molar-refractivity contribution in [1.82, 2.24) is 15.6 Å². The first-order valence-electron chi connectivity index (χ1n) is 13.8. The second kappa shape index (κ2) is 14.2. The molecule has 0 spiro atoms. The third-order valence-corrected chi connectivity index (χ3v) is 10.3. The van der Waals surface area contributed by atoms with E-state index in [1.54, 1.807) is 53.0 Å². The summed E-state index contributed by atoms with van der Waals surface area (Å²) in [5, 5.41) is 20.7. The molecular weight excluding hydrogens is 591 g/mol. The summed E-state index contributed by atoms with van der Waals surface area (Å²) >= 11 is 3.11. The van der Waals surface area contributed by atoms with Gasteiger partial charge in [0, 0.05) is 16.3 Å². The lowest BCUT2D eigenvalue weighted by atomic mass is 10.1. The smallest absolute Gasteiger partial charge is 0.238 e. The SMILES string of the molecule is O=C(NCCCCC(O)c1nc2ccccc2o1)[C@H](CS(=O)(=O)Cc1ccccc1)NC(c1cccs1)c1cccs1. The van der Waals surface area contributed by atoms with E-state index in [2.05, 4.69) is 15.6 Å². The largest absolute Gasteiger partial charge is 0.438 e. The van der Waals surface area contributed by atoms with E-state index < -0.39 is 22.0 Å². The second-order valence-corrected chi connectivity index (χ2v) is 14.1. The molecule has 2 aromatic carbocycles. The summed E-state index contributed by atoms with van der Waals surface area (Å²) in [4.78, 5) is 19.8. The minimum atomic E-state index is -3.62. The standard InChI is InChI=1S/C31H33N3O5S3/c35-25(31-34-23-12-4-5-14-26(23)39-31)13-6-7-17-32-30(36)24(21-42(37,38)20-22-10-2-1-3-11-22)33-29(27-15-8-18-40-27)28-16-9-19-41-28/h1-5,8-12,14-16,18-19,24-25,29,33,35H,6-7,13,17,20-21H2,(H,32,36)/t24-,25?/m0/s1. The van der Waals surface area contributed by atoms with Gasteiger partial charge in [-0.2, -0.15) is 0 Å². The number of fused-ring (bicyclic) bond motifs is 1. The molecule has 5 aromatic rings. The van der Waals surface area contributed by atoms with E-state index in [4.69, 9.17) is 4.42 Å². The van der Waals surface area contributed by atoms with Crippen molar-refractivity contribution in [2.75, 3.05) is 12.3 Å². The highest BCUT2D eigenvalue weighted by atomic mass is 32.2. The van der Waals surface area contributed by atoms with Gasteiger partial charge in [-0.1, -0.05) is 54.6 Å². The summed E-state index contributed by atoms with van der Waals surface area (Å²) in [5.74, 6) is -0.571. The number of unbranched alkanes of at least 4 members (excludes halogenated alkanes) is 1. The number of sulfone groups is 1. The first kappa shape index (κ1) is 30.1. The highest BCUT2D eigenvalue weighted by molar-refractivity contribution is 7.90. The van der Waals surface area contributed by atoms with Crippen LogP contribution in [0.3, 0.4) is 0 Å². The van der Waals surface area contributed by atoms with E-state index in [-0.39, 0.29) is 29.3 Å². The highest BCUT2D eigenvalue weighted by Gasteiger charge is 2.30. The third-order valence-electron chi connectivity index (χ3n) is 6.79. The van der Waals surface area contributed by atoms with Crippen LogP contribution in [-0.4, -0.2) is 42.8 Å². The Hall–Kier alpha value is -3.35. The third kappa shape index (κ3) is 8.14. The number of hydrogen-bond donors (Lipinski definition) is 3. The first-order chi connectivity index (χ1) is 20.4. The fourth-order valence-corrected chi connectivity index (χ4v) is 7.96. The molecule has 0 saturated heterocycles. The number of thiophene rings is 2. The molecular formula is C31H33N3O5S3. The minimum Gasteiger partial charge on any atom is -0.438 e. The Balaban J connectivity index is 1.21. The van der Waals surface area contributed by atoms with Gasteiger partial charge in [-0.3, -0.25) is 10.1 Å². The number of hydrogen-bond acceptors (Lipinski definition) is 9. The molecule has 42 heavy (non-hydrogen) atoms. The molecule has 8 nitrogen and oxygen atoms in total. The summed E-state index contributed by atoms with van der Waals surface area (Å²) in [7, 11) is -3.62. The van der Waals surface area contributed by atoms with Crippen LogP contribution < -0.4 is 10.6 Å². The van der Waals surface area contributed by atoms with Gasteiger partial charge in [0.2, 0.25) is 11.8 Å². The van der Waals surface area contributed by atoms with Crippen LogP contribution in [0.5, 0.6) is 0 Å². The van der Waals surface area contributed by atoms with Crippen LogP contribution in [-0.2, 0) is 20.4 Å². The zero-order valence-corrected chi connectivity index (χ0v) is 25.3. The Morgan fingerprint density at radius 3 is 2.26 bits per heavy atom. The van der Waals surface area contributed by atoms with Crippen molar-refractivity contribution in [1.29, 1.82) is 0 Å². The highest BCUT2D eigenvalue weighted by Crippen LogP contribution is 2.30. The van der Waals surface area contributed by atoms with E-state index in [9.17, 15) is 18.3 Å². The number of aliphatic hydroxyl groups is 1. The van der Waals surface area contributed by atoms with Gasteiger partial charge in [-0.05, 0) is 59.9 Å². The number of para-hydroxylation sites is 2. The van der Waals surface area contributed by atoms with E-state index in [1.165, 1.54) is 0 Å². The molecule has 0 aliphatic carbocycles. The molecule has 0 fully saturated rings. The molecule has 11 heteroatoms. The topological polar surface area (TPSA) is 122 Å². The van der Waals surface area contributed by atoms with Crippen molar-refractivity contribution in [2.24, 2.45) is 0 Å². The molecule has 2 atom stereocenters. The fraction of sp³-hybridized carbons (Fsp3) is 0.290.